The maximum Gasteiger partial charge on any atom is 0.236 e. The van der Waals surface area contributed by atoms with Crippen molar-refractivity contribution in [2.45, 2.75) is 52.0 Å². The second kappa shape index (κ2) is 7.99. The Labute approximate surface area is 124 Å². The van der Waals surface area contributed by atoms with E-state index in [-0.39, 0.29) is 11.4 Å². The number of rotatable bonds is 7. The van der Waals surface area contributed by atoms with Crippen LogP contribution in [0.2, 0.25) is 0 Å². The number of carbonyl (C=O) groups excluding carboxylic acids is 1. The smallest absolute Gasteiger partial charge is 0.236 e. The molecule has 0 aromatic rings. The Bertz CT molecular complexity index is 302. The molecule has 1 aliphatic rings. The fraction of sp³-hybridized carbons (Fsp3) is 0.938. The van der Waals surface area contributed by atoms with Crippen LogP contribution in [0.25, 0.3) is 0 Å². The molecule has 1 saturated carbocycles. The summed E-state index contributed by atoms with van der Waals surface area (Å²) in [5.41, 5.74) is 0.223. The van der Waals surface area contributed by atoms with Gasteiger partial charge >= 0.3 is 0 Å². The minimum atomic E-state index is 0.216. The van der Waals surface area contributed by atoms with Gasteiger partial charge in [-0.1, -0.05) is 19.8 Å². The van der Waals surface area contributed by atoms with E-state index in [1.807, 2.05) is 18.7 Å². The third-order valence-corrected chi connectivity index (χ3v) is 4.86. The van der Waals surface area contributed by atoms with Crippen molar-refractivity contribution in [3.63, 3.8) is 0 Å². The fourth-order valence-electron chi connectivity index (χ4n) is 3.45. The normalized spacial score (nSPS) is 26.8. The highest BCUT2D eigenvalue weighted by molar-refractivity contribution is 5.78. The third-order valence-electron chi connectivity index (χ3n) is 4.86. The second-order valence-corrected chi connectivity index (χ2v) is 6.49. The molecule has 20 heavy (non-hydrogen) atoms. The lowest BCUT2D eigenvalue weighted by Gasteiger charge is -2.45. The largest absolute Gasteiger partial charge is 0.342 e. The first-order chi connectivity index (χ1) is 9.45. The van der Waals surface area contributed by atoms with Gasteiger partial charge in [-0.25, -0.2) is 0 Å². The number of nitrogens with zero attached hydrogens (tertiary/aromatic N) is 2. The lowest BCUT2D eigenvalue weighted by atomic mass is 9.75. The monoisotopic (exact) mass is 283 g/mol. The Morgan fingerprint density at radius 2 is 1.95 bits per heavy atom. The molecule has 0 heterocycles. The van der Waals surface area contributed by atoms with Crippen molar-refractivity contribution in [1.82, 2.24) is 15.1 Å². The Hall–Kier alpha value is -0.610. The average Bonchev–Trinajstić information content (AvgIpc) is 2.40. The summed E-state index contributed by atoms with van der Waals surface area (Å²) in [6.45, 7) is 9.39. The highest BCUT2D eigenvalue weighted by Gasteiger charge is 2.36. The lowest BCUT2D eigenvalue weighted by Crippen LogP contribution is -2.55. The van der Waals surface area contributed by atoms with E-state index in [4.69, 9.17) is 0 Å². The van der Waals surface area contributed by atoms with E-state index in [1.54, 1.807) is 0 Å². The molecule has 1 amide bonds. The highest BCUT2D eigenvalue weighted by Crippen LogP contribution is 2.35. The zero-order valence-corrected chi connectivity index (χ0v) is 14.0. The number of amides is 1. The summed E-state index contributed by atoms with van der Waals surface area (Å²) in [6.07, 6.45) is 5.10. The molecule has 1 N–H and O–H groups in total. The number of likely N-dealkylation sites (N-methyl/N-ethyl adjacent to an activating group) is 2. The molecular formula is C16H33N3O. The van der Waals surface area contributed by atoms with Crippen molar-refractivity contribution in [3.05, 3.63) is 0 Å². The number of carbonyl (C=O) groups is 1. The van der Waals surface area contributed by atoms with Crippen molar-refractivity contribution in [2.24, 2.45) is 5.92 Å². The van der Waals surface area contributed by atoms with Crippen molar-refractivity contribution in [1.29, 1.82) is 0 Å². The van der Waals surface area contributed by atoms with Gasteiger partial charge in [0.15, 0.2) is 0 Å². The van der Waals surface area contributed by atoms with Crippen LogP contribution >= 0.6 is 0 Å². The molecule has 4 nitrogen and oxygen atoms in total. The van der Waals surface area contributed by atoms with Crippen LogP contribution in [-0.2, 0) is 4.79 Å². The minimum Gasteiger partial charge on any atom is -0.342 e. The summed E-state index contributed by atoms with van der Waals surface area (Å²) < 4.78 is 0. The summed E-state index contributed by atoms with van der Waals surface area (Å²) in [6, 6.07) is 0. The van der Waals surface area contributed by atoms with Gasteiger partial charge in [0.1, 0.15) is 0 Å². The molecular weight excluding hydrogens is 250 g/mol. The maximum absolute atomic E-state index is 12.0. The van der Waals surface area contributed by atoms with Gasteiger partial charge in [-0.2, -0.15) is 0 Å². The summed E-state index contributed by atoms with van der Waals surface area (Å²) in [5.74, 6) is 0.999. The van der Waals surface area contributed by atoms with E-state index in [1.165, 1.54) is 25.7 Å². The zero-order valence-electron chi connectivity index (χ0n) is 14.0. The maximum atomic E-state index is 12.0. The van der Waals surface area contributed by atoms with Crippen LogP contribution in [0.5, 0.6) is 0 Å². The molecule has 1 rings (SSSR count). The molecule has 0 bridgehead atoms. The predicted octanol–water partition coefficient (Wildman–Crippen LogP) is 1.95. The van der Waals surface area contributed by atoms with Gasteiger partial charge in [0.05, 0.1) is 6.54 Å². The molecule has 0 saturated heterocycles. The number of hydrogen-bond acceptors (Lipinski definition) is 3. The van der Waals surface area contributed by atoms with Crippen LogP contribution in [0.15, 0.2) is 0 Å². The van der Waals surface area contributed by atoms with Crippen molar-refractivity contribution in [3.8, 4) is 0 Å². The van der Waals surface area contributed by atoms with Gasteiger partial charge in [-0.15, -0.1) is 0 Å². The van der Waals surface area contributed by atoms with E-state index in [2.05, 4.69) is 31.2 Å². The zero-order chi connectivity index (χ0) is 15.2. The van der Waals surface area contributed by atoms with Gasteiger partial charge in [0, 0.05) is 25.2 Å². The Morgan fingerprint density at radius 3 is 2.45 bits per heavy atom. The van der Waals surface area contributed by atoms with E-state index in [0.717, 1.165) is 25.6 Å². The van der Waals surface area contributed by atoms with Gasteiger partial charge in [-0.05, 0) is 46.7 Å². The lowest BCUT2D eigenvalue weighted by molar-refractivity contribution is -0.129. The van der Waals surface area contributed by atoms with Gasteiger partial charge in [0.25, 0.3) is 0 Å². The first-order valence-electron chi connectivity index (χ1n) is 8.11. The SMILES string of the molecule is CCN(CC)C(=O)CNCC1(N(C)C)CCCC(C)C1. The van der Waals surface area contributed by atoms with Crippen LogP contribution in [0.3, 0.4) is 0 Å². The van der Waals surface area contributed by atoms with E-state index in [0.29, 0.717) is 6.54 Å². The minimum absolute atomic E-state index is 0.216. The summed E-state index contributed by atoms with van der Waals surface area (Å²) >= 11 is 0. The van der Waals surface area contributed by atoms with Crippen LogP contribution in [0.1, 0.15) is 46.5 Å². The van der Waals surface area contributed by atoms with Gasteiger partial charge in [0.2, 0.25) is 5.91 Å². The highest BCUT2D eigenvalue weighted by atomic mass is 16.2. The van der Waals surface area contributed by atoms with Crippen molar-refractivity contribution in [2.75, 3.05) is 40.3 Å². The summed E-state index contributed by atoms with van der Waals surface area (Å²) in [7, 11) is 4.35. The Kier molecular flexibility index (Phi) is 6.96. The molecule has 118 valence electrons. The molecule has 0 aliphatic heterocycles. The second-order valence-electron chi connectivity index (χ2n) is 6.49. The molecule has 1 aliphatic carbocycles. The predicted molar refractivity (Wildman–Crippen MR) is 84.8 cm³/mol. The standard InChI is InChI=1S/C16H33N3O/c1-6-19(7-2)15(20)12-17-13-16(18(4)5)10-8-9-14(3)11-16/h14,17H,6-13H2,1-5H3. The fourth-order valence-corrected chi connectivity index (χ4v) is 3.45. The van der Waals surface area contributed by atoms with Crippen LogP contribution < -0.4 is 5.32 Å². The molecule has 0 spiro atoms. The molecule has 0 aromatic carbocycles. The van der Waals surface area contributed by atoms with E-state index >= 15 is 0 Å². The van der Waals surface area contributed by atoms with Crippen LogP contribution in [0, 0.1) is 5.92 Å². The summed E-state index contributed by atoms with van der Waals surface area (Å²) in [4.78, 5) is 16.3. The molecule has 4 heteroatoms. The molecule has 2 unspecified atom stereocenters. The number of hydrogen-bond donors (Lipinski definition) is 1. The van der Waals surface area contributed by atoms with Crippen molar-refractivity contribution >= 4 is 5.91 Å². The third kappa shape index (κ3) is 4.45. The first-order valence-corrected chi connectivity index (χ1v) is 8.11. The van der Waals surface area contributed by atoms with E-state index < -0.39 is 0 Å². The molecule has 2 atom stereocenters. The Balaban J connectivity index is 2.50. The van der Waals surface area contributed by atoms with Gasteiger partial charge < -0.3 is 15.1 Å². The topological polar surface area (TPSA) is 35.6 Å². The van der Waals surface area contributed by atoms with E-state index in [9.17, 15) is 4.79 Å². The first kappa shape index (κ1) is 17.4. The quantitative estimate of drug-likeness (QED) is 0.776. The summed E-state index contributed by atoms with van der Waals surface area (Å²) in [5, 5.41) is 3.41. The van der Waals surface area contributed by atoms with Gasteiger partial charge in [-0.3, -0.25) is 4.79 Å². The molecule has 1 fully saturated rings. The van der Waals surface area contributed by atoms with Crippen LogP contribution in [-0.4, -0.2) is 61.5 Å². The Morgan fingerprint density at radius 1 is 1.30 bits per heavy atom. The van der Waals surface area contributed by atoms with Crippen LogP contribution in [0.4, 0.5) is 0 Å². The van der Waals surface area contributed by atoms with Crippen molar-refractivity contribution < 1.29 is 4.79 Å². The number of nitrogens with one attached hydrogen (secondary N) is 1. The molecule has 0 aromatic heterocycles. The average molecular weight is 283 g/mol. The molecule has 0 radical (unpaired) electrons.